The molecule has 0 fully saturated rings. The molecule has 0 saturated heterocycles. The van der Waals surface area contributed by atoms with Crippen LogP contribution in [0.5, 0.6) is 0 Å². The number of aliphatic hydroxyl groups excluding tert-OH is 1. The standard InChI is InChI=1S/C11H16N2O3/c1-7(6-14)8(2)13-11(16)9-4-3-5-12-10(9)15/h3-5,7-8,14H,6H2,1-2H3,(H,12,15)(H,13,16). The van der Waals surface area contributed by atoms with Crippen LogP contribution in [0.4, 0.5) is 0 Å². The normalized spacial score (nSPS) is 14.2. The number of pyridine rings is 1. The molecule has 0 aromatic carbocycles. The quantitative estimate of drug-likeness (QED) is 0.679. The number of aromatic amines is 1. The van der Waals surface area contributed by atoms with Crippen LogP contribution in [-0.2, 0) is 0 Å². The molecule has 1 heterocycles. The number of aliphatic hydroxyl groups is 1. The van der Waals surface area contributed by atoms with Gasteiger partial charge in [-0.05, 0) is 25.0 Å². The minimum Gasteiger partial charge on any atom is -0.396 e. The zero-order valence-corrected chi connectivity index (χ0v) is 9.36. The van der Waals surface area contributed by atoms with Crippen LogP contribution in [0.15, 0.2) is 23.1 Å². The monoisotopic (exact) mass is 224 g/mol. The molecule has 1 rings (SSSR count). The van der Waals surface area contributed by atoms with E-state index in [4.69, 9.17) is 5.11 Å². The van der Waals surface area contributed by atoms with Crippen LogP contribution in [-0.4, -0.2) is 28.6 Å². The minimum absolute atomic E-state index is 0.00735. The number of nitrogens with one attached hydrogen (secondary N) is 2. The zero-order chi connectivity index (χ0) is 12.1. The summed E-state index contributed by atoms with van der Waals surface area (Å²) in [7, 11) is 0. The van der Waals surface area contributed by atoms with Gasteiger partial charge in [-0.25, -0.2) is 0 Å². The fourth-order valence-electron chi connectivity index (χ4n) is 1.19. The van der Waals surface area contributed by atoms with Crippen molar-refractivity contribution in [3.8, 4) is 0 Å². The molecule has 0 radical (unpaired) electrons. The first-order valence-corrected chi connectivity index (χ1v) is 5.15. The molecule has 1 aromatic rings. The van der Waals surface area contributed by atoms with Crippen molar-refractivity contribution in [1.82, 2.24) is 10.3 Å². The number of H-pyrrole nitrogens is 1. The maximum absolute atomic E-state index is 11.7. The zero-order valence-electron chi connectivity index (χ0n) is 9.36. The van der Waals surface area contributed by atoms with Crippen LogP contribution in [0, 0.1) is 5.92 Å². The van der Waals surface area contributed by atoms with Crippen molar-refractivity contribution in [2.24, 2.45) is 5.92 Å². The molecule has 88 valence electrons. The van der Waals surface area contributed by atoms with E-state index in [0.717, 1.165) is 0 Å². The average molecular weight is 224 g/mol. The van der Waals surface area contributed by atoms with Crippen LogP contribution in [0.1, 0.15) is 24.2 Å². The first-order valence-electron chi connectivity index (χ1n) is 5.15. The van der Waals surface area contributed by atoms with Crippen molar-refractivity contribution in [2.75, 3.05) is 6.61 Å². The predicted octanol–water partition coefficient (Wildman–Crippen LogP) is 0.122. The second-order valence-electron chi connectivity index (χ2n) is 3.83. The molecular formula is C11H16N2O3. The van der Waals surface area contributed by atoms with E-state index in [1.54, 1.807) is 13.0 Å². The third-order valence-corrected chi connectivity index (χ3v) is 2.56. The van der Waals surface area contributed by atoms with Gasteiger partial charge >= 0.3 is 0 Å². The van der Waals surface area contributed by atoms with E-state index in [2.05, 4.69) is 10.3 Å². The number of carbonyl (C=O) groups is 1. The lowest BCUT2D eigenvalue weighted by molar-refractivity contribution is 0.0914. The number of amides is 1. The Hall–Kier alpha value is -1.62. The van der Waals surface area contributed by atoms with E-state index in [1.807, 2.05) is 6.92 Å². The summed E-state index contributed by atoms with van der Waals surface area (Å²) in [5.41, 5.74) is -0.330. The fraction of sp³-hybridized carbons (Fsp3) is 0.455. The SMILES string of the molecule is CC(CO)C(C)NC(=O)c1ccc[nH]c1=O. The number of aromatic nitrogens is 1. The van der Waals surface area contributed by atoms with Gasteiger partial charge in [-0.2, -0.15) is 0 Å². The van der Waals surface area contributed by atoms with E-state index in [0.29, 0.717) is 0 Å². The second kappa shape index (κ2) is 5.46. The Kier molecular flexibility index (Phi) is 4.25. The van der Waals surface area contributed by atoms with E-state index in [-0.39, 0.29) is 24.1 Å². The van der Waals surface area contributed by atoms with Gasteiger partial charge < -0.3 is 15.4 Å². The Morgan fingerprint density at radius 2 is 2.25 bits per heavy atom. The lowest BCUT2D eigenvalue weighted by Gasteiger charge is -2.18. The van der Waals surface area contributed by atoms with Crippen LogP contribution in [0.3, 0.4) is 0 Å². The Morgan fingerprint density at radius 1 is 1.56 bits per heavy atom. The fourth-order valence-corrected chi connectivity index (χ4v) is 1.19. The number of hydrogen-bond donors (Lipinski definition) is 3. The molecule has 16 heavy (non-hydrogen) atoms. The number of carbonyl (C=O) groups excluding carboxylic acids is 1. The summed E-state index contributed by atoms with van der Waals surface area (Å²) in [5.74, 6) is -0.471. The van der Waals surface area contributed by atoms with Gasteiger partial charge in [-0.3, -0.25) is 9.59 Å². The van der Waals surface area contributed by atoms with Crippen molar-refractivity contribution >= 4 is 5.91 Å². The summed E-state index contributed by atoms with van der Waals surface area (Å²) in [4.78, 5) is 25.4. The third kappa shape index (κ3) is 2.93. The largest absolute Gasteiger partial charge is 0.396 e. The topological polar surface area (TPSA) is 82.2 Å². The highest BCUT2D eigenvalue weighted by Gasteiger charge is 2.16. The Labute approximate surface area is 93.5 Å². The van der Waals surface area contributed by atoms with Crippen molar-refractivity contribution in [1.29, 1.82) is 0 Å². The summed E-state index contributed by atoms with van der Waals surface area (Å²) in [5, 5.41) is 11.6. The molecule has 2 unspecified atom stereocenters. The van der Waals surface area contributed by atoms with Gasteiger partial charge in [0.25, 0.3) is 11.5 Å². The minimum atomic E-state index is -0.422. The third-order valence-electron chi connectivity index (χ3n) is 2.56. The van der Waals surface area contributed by atoms with Crippen LogP contribution < -0.4 is 10.9 Å². The van der Waals surface area contributed by atoms with Crippen molar-refractivity contribution in [2.45, 2.75) is 19.9 Å². The molecule has 0 aliphatic heterocycles. The highest BCUT2D eigenvalue weighted by atomic mass is 16.3. The van der Waals surface area contributed by atoms with Gasteiger partial charge in [-0.15, -0.1) is 0 Å². The summed E-state index contributed by atoms with van der Waals surface area (Å²) >= 11 is 0. The molecule has 0 aliphatic rings. The van der Waals surface area contributed by atoms with E-state index < -0.39 is 11.5 Å². The van der Waals surface area contributed by atoms with Crippen LogP contribution >= 0.6 is 0 Å². The van der Waals surface area contributed by atoms with E-state index in [1.165, 1.54) is 12.3 Å². The summed E-state index contributed by atoms with van der Waals surface area (Å²) < 4.78 is 0. The lowest BCUT2D eigenvalue weighted by Crippen LogP contribution is -2.40. The molecule has 0 spiro atoms. The first kappa shape index (κ1) is 12.4. The lowest BCUT2D eigenvalue weighted by atomic mass is 10.0. The van der Waals surface area contributed by atoms with Gasteiger partial charge in [0.1, 0.15) is 5.56 Å². The molecule has 2 atom stereocenters. The maximum atomic E-state index is 11.7. The Bertz CT molecular complexity index is 414. The molecule has 0 bridgehead atoms. The van der Waals surface area contributed by atoms with E-state index >= 15 is 0 Å². The van der Waals surface area contributed by atoms with Crippen LogP contribution in [0.2, 0.25) is 0 Å². The van der Waals surface area contributed by atoms with E-state index in [9.17, 15) is 9.59 Å². The second-order valence-corrected chi connectivity index (χ2v) is 3.83. The van der Waals surface area contributed by atoms with Gasteiger partial charge in [-0.1, -0.05) is 6.92 Å². The summed E-state index contributed by atoms with van der Waals surface area (Å²) in [6.45, 7) is 3.60. The van der Waals surface area contributed by atoms with Crippen LogP contribution in [0.25, 0.3) is 0 Å². The molecule has 0 aliphatic carbocycles. The summed E-state index contributed by atoms with van der Waals surface area (Å²) in [6.07, 6.45) is 1.47. The Morgan fingerprint density at radius 3 is 2.81 bits per heavy atom. The van der Waals surface area contributed by atoms with Gasteiger partial charge in [0.2, 0.25) is 0 Å². The molecular weight excluding hydrogens is 208 g/mol. The van der Waals surface area contributed by atoms with Gasteiger partial charge in [0.15, 0.2) is 0 Å². The van der Waals surface area contributed by atoms with Crippen molar-refractivity contribution in [3.05, 3.63) is 34.2 Å². The number of rotatable bonds is 4. The van der Waals surface area contributed by atoms with Gasteiger partial charge in [0.05, 0.1) is 0 Å². The van der Waals surface area contributed by atoms with Crippen molar-refractivity contribution < 1.29 is 9.90 Å². The molecule has 3 N–H and O–H groups in total. The predicted molar refractivity (Wildman–Crippen MR) is 60.2 cm³/mol. The molecule has 5 nitrogen and oxygen atoms in total. The maximum Gasteiger partial charge on any atom is 0.260 e. The average Bonchev–Trinajstić information content (AvgIpc) is 2.28. The Balaban J connectivity index is 2.74. The molecule has 5 heteroatoms. The van der Waals surface area contributed by atoms with Crippen molar-refractivity contribution in [3.63, 3.8) is 0 Å². The molecule has 0 saturated carbocycles. The smallest absolute Gasteiger partial charge is 0.260 e. The summed E-state index contributed by atoms with van der Waals surface area (Å²) in [6, 6.07) is 2.87. The van der Waals surface area contributed by atoms with Gasteiger partial charge in [0, 0.05) is 18.8 Å². The number of hydrogen-bond acceptors (Lipinski definition) is 3. The highest BCUT2D eigenvalue weighted by molar-refractivity contribution is 5.93. The first-order chi connectivity index (χ1) is 7.56. The molecule has 1 aromatic heterocycles. The molecule has 1 amide bonds. The highest BCUT2D eigenvalue weighted by Crippen LogP contribution is 2.01.